The lowest BCUT2D eigenvalue weighted by Crippen LogP contribution is -1.80. The first kappa shape index (κ1) is 8.96. The Morgan fingerprint density at radius 1 is 1.29 bits per heavy atom. The fourth-order valence-corrected chi connectivity index (χ4v) is 3.97. The summed E-state index contributed by atoms with van der Waals surface area (Å²) in [7, 11) is 0. The number of hydrogen-bond acceptors (Lipinski definition) is 2. The first-order valence-electron chi connectivity index (χ1n) is 4.52. The molecule has 0 bridgehead atoms. The van der Waals surface area contributed by atoms with Crippen LogP contribution in [0.4, 0.5) is 0 Å². The van der Waals surface area contributed by atoms with Crippen LogP contribution in [-0.2, 0) is 12.8 Å². The summed E-state index contributed by atoms with van der Waals surface area (Å²) in [5.74, 6) is 0. The van der Waals surface area contributed by atoms with E-state index >= 15 is 0 Å². The van der Waals surface area contributed by atoms with Gasteiger partial charge in [-0.1, -0.05) is 23.2 Å². The molecule has 2 heterocycles. The SMILES string of the molecule is Clc1cc(Cl)c2c3c(sc2n1)CCC3. The summed E-state index contributed by atoms with van der Waals surface area (Å²) in [6, 6.07) is 1.73. The number of halogens is 2. The number of hydrogen-bond donors (Lipinski definition) is 0. The van der Waals surface area contributed by atoms with Gasteiger partial charge in [0.25, 0.3) is 0 Å². The second kappa shape index (κ2) is 3.09. The third kappa shape index (κ3) is 1.18. The molecule has 0 saturated heterocycles. The second-order valence-electron chi connectivity index (χ2n) is 3.46. The van der Waals surface area contributed by atoms with Crippen molar-refractivity contribution < 1.29 is 0 Å². The molecule has 0 unspecified atom stereocenters. The molecule has 1 aliphatic rings. The normalized spacial score (nSPS) is 15.0. The zero-order valence-corrected chi connectivity index (χ0v) is 9.64. The van der Waals surface area contributed by atoms with Crippen molar-refractivity contribution >= 4 is 44.8 Å². The number of thiophene rings is 1. The molecule has 4 heteroatoms. The van der Waals surface area contributed by atoms with E-state index in [1.54, 1.807) is 17.4 Å². The van der Waals surface area contributed by atoms with Crippen LogP contribution in [0.5, 0.6) is 0 Å². The largest absolute Gasteiger partial charge is 0.225 e. The van der Waals surface area contributed by atoms with Crippen molar-refractivity contribution in [1.82, 2.24) is 4.98 Å². The summed E-state index contributed by atoms with van der Waals surface area (Å²) in [6.07, 6.45) is 3.55. The van der Waals surface area contributed by atoms with Crippen molar-refractivity contribution in [2.24, 2.45) is 0 Å². The Morgan fingerprint density at radius 3 is 3.00 bits per heavy atom. The van der Waals surface area contributed by atoms with E-state index < -0.39 is 0 Å². The fourth-order valence-electron chi connectivity index (χ4n) is 2.02. The Hall–Kier alpha value is -0.310. The summed E-state index contributed by atoms with van der Waals surface area (Å²) in [4.78, 5) is 6.73. The van der Waals surface area contributed by atoms with Gasteiger partial charge in [-0.15, -0.1) is 11.3 Å². The summed E-state index contributed by atoms with van der Waals surface area (Å²) in [5.41, 5.74) is 1.40. The molecule has 0 N–H and O–H groups in total. The molecule has 1 aliphatic carbocycles. The predicted molar refractivity (Wildman–Crippen MR) is 61.7 cm³/mol. The number of pyridine rings is 1. The van der Waals surface area contributed by atoms with Crippen molar-refractivity contribution in [1.29, 1.82) is 0 Å². The van der Waals surface area contributed by atoms with E-state index in [0.29, 0.717) is 5.15 Å². The summed E-state index contributed by atoms with van der Waals surface area (Å²) in [6.45, 7) is 0. The van der Waals surface area contributed by atoms with E-state index in [0.717, 1.165) is 21.7 Å². The quantitative estimate of drug-likeness (QED) is 0.636. The topological polar surface area (TPSA) is 12.9 Å². The van der Waals surface area contributed by atoms with Gasteiger partial charge in [-0.05, 0) is 30.9 Å². The maximum Gasteiger partial charge on any atom is 0.132 e. The highest BCUT2D eigenvalue weighted by molar-refractivity contribution is 7.19. The average molecular weight is 244 g/mol. The zero-order chi connectivity index (χ0) is 9.71. The van der Waals surface area contributed by atoms with Crippen LogP contribution in [0, 0.1) is 0 Å². The molecule has 72 valence electrons. The smallest absolute Gasteiger partial charge is 0.132 e. The third-order valence-electron chi connectivity index (χ3n) is 2.60. The molecule has 3 rings (SSSR count). The molecule has 2 aromatic heterocycles. The average Bonchev–Trinajstić information content (AvgIpc) is 2.60. The van der Waals surface area contributed by atoms with E-state index in [1.807, 2.05) is 0 Å². The van der Waals surface area contributed by atoms with Crippen LogP contribution in [0.2, 0.25) is 10.2 Å². The van der Waals surface area contributed by atoms with Gasteiger partial charge < -0.3 is 0 Å². The van der Waals surface area contributed by atoms with Crippen LogP contribution in [-0.4, -0.2) is 4.98 Å². The van der Waals surface area contributed by atoms with Gasteiger partial charge in [-0.2, -0.15) is 0 Å². The molecule has 0 aromatic carbocycles. The molecule has 0 saturated carbocycles. The molecule has 1 nitrogen and oxygen atoms in total. The van der Waals surface area contributed by atoms with Crippen molar-refractivity contribution in [3.05, 3.63) is 26.7 Å². The summed E-state index contributed by atoms with van der Waals surface area (Å²) in [5, 5.41) is 2.37. The van der Waals surface area contributed by atoms with E-state index in [4.69, 9.17) is 23.2 Å². The minimum Gasteiger partial charge on any atom is -0.225 e. The van der Waals surface area contributed by atoms with Gasteiger partial charge in [0.1, 0.15) is 9.98 Å². The predicted octanol–water partition coefficient (Wildman–Crippen LogP) is 4.09. The molecule has 0 fully saturated rings. The van der Waals surface area contributed by atoms with Gasteiger partial charge in [0, 0.05) is 10.3 Å². The number of nitrogens with zero attached hydrogens (tertiary/aromatic N) is 1. The minimum absolute atomic E-state index is 0.488. The highest BCUT2D eigenvalue weighted by Crippen LogP contribution is 2.40. The Morgan fingerprint density at radius 2 is 2.14 bits per heavy atom. The molecule has 0 atom stereocenters. The Balaban J connectivity index is 2.43. The lowest BCUT2D eigenvalue weighted by molar-refractivity contribution is 0.917. The van der Waals surface area contributed by atoms with Gasteiger partial charge in [0.05, 0.1) is 5.02 Å². The molecule has 0 amide bonds. The van der Waals surface area contributed by atoms with Crippen molar-refractivity contribution in [2.45, 2.75) is 19.3 Å². The highest BCUT2D eigenvalue weighted by atomic mass is 35.5. The Labute approximate surface area is 95.7 Å². The summed E-state index contributed by atoms with van der Waals surface area (Å²) >= 11 is 13.8. The number of rotatable bonds is 0. The van der Waals surface area contributed by atoms with Crippen LogP contribution in [0.3, 0.4) is 0 Å². The Kier molecular flexibility index (Phi) is 1.98. The standard InChI is InChI=1S/C10H7Cl2NS/c11-6-4-8(12)13-10-9(6)5-2-1-3-7(5)14-10/h4H,1-3H2. The van der Waals surface area contributed by atoms with Crippen molar-refractivity contribution in [2.75, 3.05) is 0 Å². The van der Waals surface area contributed by atoms with Gasteiger partial charge in [0.2, 0.25) is 0 Å². The highest BCUT2D eigenvalue weighted by Gasteiger charge is 2.20. The van der Waals surface area contributed by atoms with Crippen molar-refractivity contribution in [3.8, 4) is 0 Å². The second-order valence-corrected chi connectivity index (χ2v) is 5.34. The minimum atomic E-state index is 0.488. The van der Waals surface area contributed by atoms with Crippen molar-refractivity contribution in [3.63, 3.8) is 0 Å². The maximum atomic E-state index is 6.17. The van der Waals surface area contributed by atoms with Gasteiger partial charge in [0.15, 0.2) is 0 Å². The molecule has 14 heavy (non-hydrogen) atoms. The monoisotopic (exact) mass is 243 g/mol. The third-order valence-corrected chi connectivity index (χ3v) is 4.27. The molecular weight excluding hydrogens is 237 g/mol. The van der Waals surface area contributed by atoms with E-state index in [1.165, 1.54) is 23.3 Å². The van der Waals surface area contributed by atoms with Gasteiger partial charge in [-0.25, -0.2) is 4.98 Å². The van der Waals surface area contributed by atoms with Crippen LogP contribution >= 0.6 is 34.5 Å². The molecule has 0 spiro atoms. The van der Waals surface area contributed by atoms with Gasteiger partial charge in [-0.3, -0.25) is 0 Å². The molecule has 0 aliphatic heterocycles. The lowest BCUT2D eigenvalue weighted by Gasteiger charge is -1.97. The van der Waals surface area contributed by atoms with E-state index in [9.17, 15) is 0 Å². The van der Waals surface area contributed by atoms with Crippen LogP contribution < -0.4 is 0 Å². The first-order valence-corrected chi connectivity index (χ1v) is 6.09. The lowest BCUT2D eigenvalue weighted by atomic mass is 10.2. The van der Waals surface area contributed by atoms with Crippen LogP contribution in [0.15, 0.2) is 6.07 Å². The van der Waals surface area contributed by atoms with Gasteiger partial charge >= 0.3 is 0 Å². The zero-order valence-electron chi connectivity index (χ0n) is 7.31. The molecular formula is C10H7Cl2NS. The first-order chi connectivity index (χ1) is 6.75. The number of fused-ring (bicyclic) bond motifs is 3. The van der Waals surface area contributed by atoms with E-state index in [2.05, 4.69) is 4.98 Å². The fraction of sp³-hybridized carbons (Fsp3) is 0.300. The molecule has 2 aromatic rings. The molecule has 0 radical (unpaired) electrons. The van der Waals surface area contributed by atoms with E-state index in [-0.39, 0.29) is 0 Å². The number of aromatic nitrogens is 1. The maximum absolute atomic E-state index is 6.17. The Bertz CT molecular complexity index is 518. The summed E-state index contributed by atoms with van der Waals surface area (Å²) < 4.78 is 0. The van der Waals surface area contributed by atoms with Crippen LogP contribution in [0.25, 0.3) is 10.2 Å². The van der Waals surface area contributed by atoms with Crippen LogP contribution in [0.1, 0.15) is 16.9 Å². The number of aryl methyl sites for hydroxylation is 2.